The Bertz CT molecular complexity index is 1140. The predicted molar refractivity (Wildman–Crippen MR) is 94.5 cm³/mol. The fourth-order valence-corrected chi connectivity index (χ4v) is 2.60. The van der Waals surface area contributed by atoms with E-state index in [0.29, 0.717) is 6.42 Å². The molecule has 11 heteroatoms. The first-order valence-corrected chi connectivity index (χ1v) is 7.83. The van der Waals surface area contributed by atoms with E-state index in [1.54, 1.807) is 6.92 Å². The lowest BCUT2D eigenvalue weighted by atomic mass is 10.1. The lowest BCUT2D eigenvalue weighted by Gasteiger charge is -2.18. The van der Waals surface area contributed by atoms with Crippen LogP contribution in [-0.4, -0.2) is 19.9 Å². The fourth-order valence-electron chi connectivity index (χ4n) is 2.60. The number of nitriles is 1. The number of aromatic nitrogens is 4. The molecule has 0 aliphatic carbocycles. The monoisotopic (exact) mass is 372 g/mol. The third-order valence-electron chi connectivity index (χ3n) is 3.89. The van der Waals surface area contributed by atoms with Gasteiger partial charge in [-0.2, -0.15) is 15.2 Å². The number of nitrogen functional groups attached to an aromatic ring is 2. The number of fused-ring (bicyclic) bond motifs is 1. The molecule has 0 bridgehead atoms. The molecular formula is C16H14F2N8O. The molecule has 3 aromatic rings. The Labute approximate surface area is 151 Å². The molecular weight excluding hydrogens is 358 g/mol. The number of rotatable bonds is 4. The van der Waals surface area contributed by atoms with Crippen LogP contribution in [0.3, 0.4) is 0 Å². The van der Waals surface area contributed by atoms with Gasteiger partial charge in [0.05, 0.1) is 6.04 Å². The molecule has 0 aliphatic rings. The zero-order chi connectivity index (χ0) is 19.7. The van der Waals surface area contributed by atoms with Gasteiger partial charge in [-0.1, -0.05) is 6.92 Å². The number of nitrogens with two attached hydrogens (primary N) is 2. The van der Waals surface area contributed by atoms with Crippen molar-refractivity contribution in [2.24, 2.45) is 0 Å². The van der Waals surface area contributed by atoms with Crippen LogP contribution in [-0.2, 0) is 0 Å². The molecule has 1 unspecified atom stereocenters. The van der Waals surface area contributed by atoms with Crippen LogP contribution in [0.15, 0.2) is 16.9 Å². The Hall–Kier alpha value is -3.81. The summed E-state index contributed by atoms with van der Waals surface area (Å²) in [6.07, 6.45) is 0.361. The molecule has 0 saturated carbocycles. The van der Waals surface area contributed by atoms with E-state index in [9.17, 15) is 18.8 Å². The van der Waals surface area contributed by atoms with Gasteiger partial charge in [0, 0.05) is 0 Å². The fraction of sp³-hybridized carbons (Fsp3) is 0.188. The predicted octanol–water partition coefficient (Wildman–Crippen LogP) is 1.59. The second-order valence-electron chi connectivity index (χ2n) is 5.61. The first-order valence-electron chi connectivity index (χ1n) is 7.83. The largest absolute Gasteiger partial charge is 0.382 e. The average Bonchev–Trinajstić information content (AvgIpc) is 2.62. The molecule has 1 atom stereocenters. The molecule has 2 heterocycles. The summed E-state index contributed by atoms with van der Waals surface area (Å²) in [4.78, 5) is 26.3. The van der Waals surface area contributed by atoms with Crippen LogP contribution >= 0.6 is 0 Å². The van der Waals surface area contributed by atoms with Gasteiger partial charge in [-0.05, 0) is 18.6 Å². The minimum absolute atomic E-state index is 0.0387. The highest BCUT2D eigenvalue weighted by Gasteiger charge is 2.20. The van der Waals surface area contributed by atoms with Gasteiger partial charge in [0.2, 0.25) is 5.95 Å². The quantitative estimate of drug-likeness (QED) is 0.537. The summed E-state index contributed by atoms with van der Waals surface area (Å²) in [5.74, 6) is -1.90. The summed E-state index contributed by atoms with van der Waals surface area (Å²) in [5, 5.41) is 11.7. The number of hydrogen-bond acceptors (Lipinski definition) is 8. The first-order chi connectivity index (χ1) is 12.8. The molecule has 9 nitrogen and oxygen atoms in total. The molecule has 6 N–H and O–H groups in total. The van der Waals surface area contributed by atoms with Crippen LogP contribution in [0.5, 0.6) is 0 Å². The smallest absolute Gasteiger partial charge is 0.261 e. The summed E-state index contributed by atoms with van der Waals surface area (Å²) in [7, 11) is 0. The van der Waals surface area contributed by atoms with Crippen molar-refractivity contribution in [2.45, 2.75) is 19.4 Å². The maximum Gasteiger partial charge on any atom is 0.261 e. The van der Waals surface area contributed by atoms with Gasteiger partial charge < -0.3 is 21.8 Å². The number of hydrogen-bond donors (Lipinski definition) is 4. The number of nitrogens with zero attached hydrogens (tertiary/aromatic N) is 4. The van der Waals surface area contributed by atoms with E-state index in [2.05, 4.69) is 25.3 Å². The molecule has 1 aromatic carbocycles. The highest BCUT2D eigenvalue weighted by Crippen LogP contribution is 2.25. The van der Waals surface area contributed by atoms with Crippen molar-refractivity contribution in [3.05, 3.63) is 45.5 Å². The molecule has 0 fully saturated rings. The molecule has 0 amide bonds. The van der Waals surface area contributed by atoms with E-state index >= 15 is 0 Å². The molecule has 27 heavy (non-hydrogen) atoms. The summed E-state index contributed by atoms with van der Waals surface area (Å²) >= 11 is 0. The molecule has 138 valence electrons. The highest BCUT2D eigenvalue weighted by atomic mass is 19.1. The van der Waals surface area contributed by atoms with Crippen LogP contribution in [0.1, 0.15) is 30.8 Å². The second-order valence-corrected chi connectivity index (χ2v) is 5.61. The van der Waals surface area contributed by atoms with Crippen LogP contribution in [0.2, 0.25) is 0 Å². The Morgan fingerprint density at radius 2 is 1.96 bits per heavy atom. The van der Waals surface area contributed by atoms with Gasteiger partial charge in [0.1, 0.15) is 45.8 Å². The Morgan fingerprint density at radius 1 is 1.26 bits per heavy atom. The van der Waals surface area contributed by atoms with Gasteiger partial charge in [-0.15, -0.1) is 0 Å². The van der Waals surface area contributed by atoms with Gasteiger partial charge in [-0.3, -0.25) is 4.79 Å². The summed E-state index contributed by atoms with van der Waals surface area (Å²) < 4.78 is 27.9. The molecule has 0 saturated heterocycles. The van der Waals surface area contributed by atoms with Crippen molar-refractivity contribution in [3.63, 3.8) is 0 Å². The number of nitrogens with one attached hydrogen (secondary N) is 2. The minimum Gasteiger partial charge on any atom is -0.382 e. The second kappa shape index (κ2) is 6.83. The summed E-state index contributed by atoms with van der Waals surface area (Å²) in [6, 6.07) is 2.92. The van der Waals surface area contributed by atoms with E-state index < -0.39 is 34.1 Å². The topological polar surface area (TPSA) is 159 Å². The molecule has 2 aromatic heterocycles. The van der Waals surface area contributed by atoms with Crippen LogP contribution in [0.4, 0.5) is 26.4 Å². The summed E-state index contributed by atoms with van der Waals surface area (Å²) in [6.45, 7) is 1.75. The van der Waals surface area contributed by atoms with E-state index in [-0.39, 0.29) is 29.0 Å². The van der Waals surface area contributed by atoms with Crippen molar-refractivity contribution >= 4 is 28.5 Å². The Morgan fingerprint density at radius 3 is 2.63 bits per heavy atom. The van der Waals surface area contributed by atoms with Gasteiger partial charge in [-0.25, -0.2) is 13.8 Å². The minimum atomic E-state index is -0.879. The van der Waals surface area contributed by atoms with Gasteiger partial charge >= 0.3 is 0 Å². The first kappa shape index (κ1) is 18.0. The van der Waals surface area contributed by atoms with Crippen molar-refractivity contribution in [1.82, 2.24) is 19.9 Å². The van der Waals surface area contributed by atoms with E-state index in [0.717, 1.165) is 12.1 Å². The van der Waals surface area contributed by atoms with Crippen molar-refractivity contribution < 1.29 is 8.78 Å². The van der Waals surface area contributed by atoms with Crippen molar-refractivity contribution in [3.8, 4) is 6.07 Å². The number of halogens is 2. The lowest BCUT2D eigenvalue weighted by Crippen LogP contribution is -2.21. The van der Waals surface area contributed by atoms with E-state index in [4.69, 9.17) is 11.5 Å². The third kappa shape index (κ3) is 3.20. The molecule has 3 rings (SSSR count). The molecule has 0 aliphatic heterocycles. The highest BCUT2D eigenvalue weighted by molar-refractivity contribution is 5.78. The van der Waals surface area contributed by atoms with Crippen molar-refractivity contribution in [1.29, 1.82) is 5.26 Å². The number of aromatic amines is 1. The average molecular weight is 372 g/mol. The van der Waals surface area contributed by atoms with Crippen LogP contribution in [0, 0.1) is 23.0 Å². The normalized spacial score (nSPS) is 11.9. The van der Waals surface area contributed by atoms with Crippen LogP contribution in [0.25, 0.3) is 10.9 Å². The summed E-state index contributed by atoms with van der Waals surface area (Å²) in [5.41, 5.74) is 9.97. The zero-order valence-corrected chi connectivity index (χ0v) is 14.0. The number of anilines is 3. The lowest BCUT2D eigenvalue weighted by molar-refractivity contribution is 0.609. The van der Waals surface area contributed by atoms with E-state index in [1.807, 2.05) is 6.07 Å². The SMILES string of the molecule is CCC(Nc1nc(N)nc(N)c1C#N)c1nc2c(F)ccc(F)c2c(=O)[nH]1. The number of H-pyrrole nitrogens is 1. The van der Waals surface area contributed by atoms with Crippen LogP contribution < -0.4 is 22.3 Å². The molecule has 0 spiro atoms. The zero-order valence-electron chi connectivity index (χ0n) is 14.0. The number of benzene rings is 1. The van der Waals surface area contributed by atoms with Crippen molar-refractivity contribution in [2.75, 3.05) is 16.8 Å². The Balaban J connectivity index is 2.12. The van der Waals surface area contributed by atoms with E-state index in [1.165, 1.54) is 0 Å². The maximum absolute atomic E-state index is 14.0. The standard InChI is InChI=1S/C16H14F2N8O/c1-2-9(22-13-6(5-19)12(20)24-16(21)26-13)14-23-11-8(18)4-3-7(17)10(11)15(27)25-14/h3-4,9H,2H2,1H3,(H,23,25,27)(H5,20,21,22,24,26). The molecule has 0 radical (unpaired) electrons. The third-order valence-corrected chi connectivity index (χ3v) is 3.89. The van der Waals surface area contributed by atoms with Gasteiger partial charge in [0.25, 0.3) is 5.56 Å². The Kier molecular flexibility index (Phi) is 4.55. The van der Waals surface area contributed by atoms with Gasteiger partial charge in [0.15, 0.2) is 5.82 Å². The maximum atomic E-state index is 14.0.